The quantitative estimate of drug-likeness (QED) is 0.420. The zero-order chi connectivity index (χ0) is 9.94. The molecule has 13 heavy (non-hydrogen) atoms. The Bertz CT molecular complexity index is 167. The number of carboxylic acids is 1. The van der Waals surface area contributed by atoms with Crippen LogP contribution in [0.5, 0.6) is 0 Å². The Morgan fingerprint density at radius 2 is 1.62 bits per heavy atom. The average Bonchev–Trinajstić information content (AvgIpc) is 2.09. The van der Waals surface area contributed by atoms with Crippen molar-refractivity contribution >= 4 is 5.97 Å². The van der Waals surface area contributed by atoms with Crippen LogP contribution in [0, 0.1) is 12.3 Å². The molecule has 0 rings (SSSR count). The monoisotopic (exact) mass is 181 g/mol. The molecule has 0 aromatic carbocycles. The minimum Gasteiger partial charge on any atom is -0.550 e. The highest BCUT2D eigenvalue weighted by Gasteiger charge is 1.91. The fourth-order valence-corrected chi connectivity index (χ4v) is 1.20. The van der Waals surface area contributed by atoms with Crippen LogP contribution in [0.2, 0.25) is 0 Å². The number of aliphatic carboxylic acids is 1. The van der Waals surface area contributed by atoms with Crippen molar-refractivity contribution in [3.05, 3.63) is 0 Å². The fraction of sp³-hybridized carbons (Fsp3) is 0.727. The van der Waals surface area contributed by atoms with Gasteiger partial charge in [-0.3, -0.25) is 0 Å². The molecule has 0 aliphatic carbocycles. The SMILES string of the molecule is C#CCCCCCCCCC(=O)[O-]. The van der Waals surface area contributed by atoms with Crippen LogP contribution in [0.25, 0.3) is 0 Å². The maximum Gasteiger partial charge on any atom is 0.0414 e. The summed E-state index contributed by atoms with van der Waals surface area (Å²) in [7, 11) is 0. The van der Waals surface area contributed by atoms with Crippen LogP contribution in [0.15, 0.2) is 0 Å². The van der Waals surface area contributed by atoms with Gasteiger partial charge in [-0.05, 0) is 19.3 Å². The number of hydrogen-bond acceptors (Lipinski definition) is 2. The molecule has 74 valence electrons. The van der Waals surface area contributed by atoms with E-state index in [-0.39, 0.29) is 6.42 Å². The highest BCUT2D eigenvalue weighted by Crippen LogP contribution is 2.07. The average molecular weight is 181 g/mol. The minimum absolute atomic E-state index is 0.199. The van der Waals surface area contributed by atoms with Gasteiger partial charge in [0.15, 0.2) is 0 Å². The lowest BCUT2D eigenvalue weighted by molar-refractivity contribution is -0.305. The molecule has 0 fully saturated rings. The summed E-state index contributed by atoms with van der Waals surface area (Å²) < 4.78 is 0. The third kappa shape index (κ3) is 11.0. The third-order valence-corrected chi connectivity index (χ3v) is 1.95. The lowest BCUT2D eigenvalue weighted by Gasteiger charge is -2.01. The van der Waals surface area contributed by atoms with Gasteiger partial charge < -0.3 is 9.90 Å². The van der Waals surface area contributed by atoms with Gasteiger partial charge in [0.1, 0.15) is 0 Å². The Kier molecular flexibility index (Phi) is 8.44. The Morgan fingerprint density at radius 3 is 2.15 bits per heavy atom. The van der Waals surface area contributed by atoms with Crippen LogP contribution >= 0.6 is 0 Å². The molecule has 0 unspecified atom stereocenters. The molecule has 0 saturated heterocycles. The molecule has 0 radical (unpaired) electrons. The Hall–Kier alpha value is -0.970. The van der Waals surface area contributed by atoms with Gasteiger partial charge in [-0.1, -0.05) is 25.7 Å². The van der Waals surface area contributed by atoms with Gasteiger partial charge in [-0.2, -0.15) is 0 Å². The number of unbranched alkanes of at least 4 members (excludes halogenated alkanes) is 6. The van der Waals surface area contributed by atoms with Crippen LogP contribution in [0.3, 0.4) is 0 Å². The molecule has 0 bridgehead atoms. The Balaban J connectivity index is 2.92. The fourth-order valence-electron chi connectivity index (χ4n) is 1.20. The molecular formula is C11H17O2-. The molecule has 0 aliphatic heterocycles. The van der Waals surface area contributed by atoms with Crippen LogP contribution < -0.4 is 5.11 Å². The van der Waals surface area contributed by atoms with Crippen molar-refractivity contribution in [3.63, 3.8) is 0 Å². The summed E-state index contributed by atoms with van der Waals surface area (Å²) in [6.45, 7) is 0. The van der Waals surface area contributed by atoms with E-state index in [1.165, 1.54) is 0 Å². The smallest absolute Gasteiger partial charge is 0.0414 e. The van der Waals surface area contributed by atoms with Crippen molar-refractivity contribution in [2.75, 3.05) is 0 Å². The summed E-state index contributed by atoms with van der Waals surface area (Å²) in [5.74, 6) is 1.66. The van der Waals surface area contributed by atoms with E-state index in [0.29, 0.717) is 0 Å². The van der Waals surface area contributed by atoms with E-state index in [0.717, 1.165) is 44.9 Å². The maximum absolute atomic E-state index is 10.0. The summed E-state index contributed by atoms with van der Waals surface area (Å²) in [4.78, 5) is 10.0. The molecular weight excluding hydrogens is 164 g/mol. The van der Waals surface area contributed by atoms with Crippen molar-refractivity contribution in [2.45, 2.75) is 51.4 Å². The number of terminal acetylenes is 1. The van der Waals surface area contributed by atoms with Gasteiger partial charge >= 0.3 is 0 Å². The summed E-state index contributed by atoms with van der Waals surface area (Å²) in [6.07, 6.45) is 12.4. The van der Waals surface area contributed by atoms with Gasteiger partial charge in [-0.25, -0.2) is 0 Å². The number of hydrogen-bond donors (Lipinski definition) is 0. The third-order valence-electron chi connectivity index (χ3n) is 1.95. The first-order valence-corrected chi connectivity index (χ1v) is 4.90. The van der Waals surface area contributed by atoms with Crippen LogP contribution in [0.1, 0.15) is 51.4 Å². The lowest BCUT2D eigenvalue weighted by atomic mass is 10.1. The summed E-state index contributed by atoms with van der Waals surface area (Å²) in [5, 5.41) is 10.0. The highest BCUT2D eigenvalue weighted by molar-refractivity contribution is 5.63. The first-order chi connectivity index (χ1) is 6.27. The minimum atomic E-state index is -0.938. The topological polar surface area (TPSA) is 40.1 Å². The standard InChI is InChI=1S/C11H18O2/c1-2-3-4-5-6-7-8-9-10-11(12)13/h1H,3-10H2,(H,12,13)/p-1. The lowest BCUT2D eigenvalue weighted by Crippen LogP contribution is -2.21. The van der Waals surface area contributed by atoms with Crippen molar-refractivity contribution in [1.82, 2.24) is 0 Å². The zero-order valence-corrected chi connectivity index (χ0v) is 8.05. The normalized spacial score (nSPS) is 9.46. The van der Waals surface area contributed by atoms with Gasteiger partial charge in [0.05, 0.1) is 0 Å². The summed E-state index contributed by atoms with van der Waals surface area (Å²) in [6, 6.07) is 0. The van der Waals surface area contributed by atoms with Gasteiger partial charge in [0.25, 0.3) is 0 Å². The van der Waals surface area contributed by atoms with Crippen molar-refractivity contribution in [3.8, 4) is 12.3 Å². The molecule has 0 aromatic rings. The first kappa shape index (κ1) is 12.0. The number of rotatable bonds is 8. The van der Waals surface area contributed by atoms with E-state index < -0.39 is 5.97 Å². The van der Waals surface area contributed by atoms with Gasteiger partial charge in [0.2, 0.25) is 0 Å². The molecule has 0 N–H and O–H groups in total. The summed E-state index contributed by atoms with van der Waals surface area (Å²) >= 11 is 0. The van der Waals surface area contributed by atoms with E-state index in [1.54, 1.807) is 0 Å². The van der Waals surface area contributed by atoms with Crippen molar-refractivity contribution in [2.24, 2.45) is 0 Å². The molecule has 0 aliphatic rings. The molecule has 0 heterocycles. The van der Waals surface area contributed by atoms with Crippen LogP contribution in [0.4, 0.5) is 0 Å². The van der Waals surface area contributed by atoms with E-state index in [9.17, 15) is 9.90 Å². The van der Waals surface area contributed by atoms with Crippen LogP contribution in [-0.4, -0.2) is 5.97 Å². The second-order valence-electron chi connectivity index (χ2n) is 3.20. The highest BCUT2D eigenvalue weighted by atomic mass is 16.4. The Labute approximate surface area is 80.3 Å². The van der Waals surface area contributed by atoms with Gasteiger partial charge in [0, 0.05) is 12.4 Å². The molecule has 0 atom stereocenters. The first-order valence-electron chi connectivity index (χ1n) is 4.90. The van der Waals surface area contributed by atoms with Crippen molar-refractivity contribution < 1.29 is 9.90 Å². The van der Waals surface area contributed by atoms with E-state index in [2.05, 4.69) is 5.92 Å². The zero-order valence-electron chi connectivity index (χ0n) is 8.05. The predicted molar refractivity (Wildman–Crippen MR) is 50.8 cm³/mol. The molecule has 0 spiro atoms. The Morgan fingerprint density at radius 1 is 1.08 bits per heavy atom. The largest absolute Gasteiger partial charge is 0.550 e. The number of carbonyl (C=O) groups is 1. The summed E-state index contributed by atoms with van der Waals surface area (Å²) in [5.41, 5.74) is 0. The predicted octanol–water partition coefficient (Wildman–Crippen LogP) is 1.49. The van der Waals surface area contributed by atoms with E-state index in [1.807, 2.05) is 0 Å². The molecule has 0 aromatic heterocycles. The molecule has 0 amide bonds. The molecule has 2 heteroatoms. The van der Waals surface area contributed by atoms with Gasteiger partial charge in [-0.15, -0.1) is 12.3 Å². The molecule has 0 saturated carbocycles. The van der Waals surface area contributed by atoms with E-state index in [4.69, 9.17) is 6.42 Å². The molecule has 2 nitrogen and oxygen atoms in total. The number of carboxylic acid groups (broad SMARTS) is 1. The van der Waals surface area contributed by atoms with E-state index >= 15 is 0 Å². The van der Waals surface area contributed by atoms with Crippen molar-refractivity contribution in [1.29, 1.82) is 0 Å². The number of carbonyl (C=O) groups excluding carboxylic acids is 1. The second kappa shape index (κ2) is 9.12. The van der Waals surface area contributed by atoms with Crippen LogP contribution in [-0.2, 0) is 4.79 Å². The second-order valence-corrected chi connectivity index (χ2v) is 3.20. The maximum atomic E-state index is 10.0.